The topological polar surface area (TPSA) is 56.8 Å². The van der Waals surface area contributed by atoms with Crippen LogP contribution in [0, 0.1) is 6.92 Å². The maximum Gasteiger partial charge on any atom is 0.256 e. The normalized spacial score (nSPS) is 17.3. The standard InChI is InChI=1S/C19H21NO4/c1-14-7-8-16(20-19(21)18-13-22-9-10-23-18)17(11-14)24-12-15-5-3-2-4-6-15/h2-8,11,18H,9-10,12-13H2,1H3,(H,20,21)/t18-/m1/s1. The molecule has 126 valence electrons. The van der Waals surface area contributed by atoms with Crippen LogP contribution in [0.4, 0.5) is 5.69 Å². The lowest BCUT2D eigenvalue weighted by Gasteiger charge is -2.22. The highest BCUT2D eigenvalue weighted by atomic mass is 16.6. The number of amides is 1. The Morgan fingerprint density at radius 2 is 2.04 bits per heavy atom. The van der Waals surface area contributed by atoms with Crippen LogP contribution < -0.4 is 10.1 Å². The van der Waals surface area contributed by atoms with Gasteiger partial charge in [-0.1, -0.05) is 36.4 Å². The summed E-state index contributed by atoms with van der Waals surface area (Å²) in [6.07, 6.45) is -0.581. The second-order valence-corrected chi connectivity index (χ2v) is 5.70. The van der Waals surface area contributed by atoms with Gasteiger partial charge in [-0.25, -0.2) is 0 Å². The van der Waals surface area contributed by atoms with Gasteiger partial charge in [-0.3, -0.25) is 4.79 Å². The summed E-state index contributed by atoms with van der Waals surface area (Å²) in [5.41, 5.74) is 2.77. The highest BCUT2D eigenvalue weighted by Gasteiger charge is 2.23. The second kappa shape index (κ2) is 7.95. The minimum Gasteiger partial charge on any atom is -0.487 e. The van der Waals surface area contributed by atoms with Gasteiger partial charge in [-0.2, -0.15) is 0 Å². The smallest absolute Gasteiger partial charge is 0.256 e. The Labute approximate surface area is 141 Å². The van der Waals surface area contributed by atoms with Gasteiger partial charge in [-0.05, 0) is 30.2 Å². The first kappa shape index (κ1) is 16.5. The Bertz CT molecular complexity index is 681. The number of carbonyl (C=O) groups excluding carboxylic acids is 1. The van der Waals surface area contributed by atoms with Crippen LogP contribution in [0.25, 0.3) is 0 Å². The lowest BCUT2D eigenvalue weighted by atomic mass is 10.2. The van der Waals surface area contributed by atoms with Gasteiger partial charge in [0, 0.05) is 0 Å². The van der Waals surface area contributed by atoms with Crippen LogP contribution in [-0.4, -0.2) is 31.8 Å². The molecule has 1 saturated heterocycles. The Morgan fingerprint density at radius 1 is 1.21 bits per heavy atom. The Morgan fingerprint density at radius 3 is 2.79 bits per heavy atom. The average Bonchev–Trinajstić information content (AvgIpc) is 2.63. The molecule has 0 unspecified atom stereocenters. The number of carbonyl (C=O) groups is 1. The third-order valence-corrected chi connectivity index (χ3v) is 3.74. The van der Waals surface area contributed by atoms with Gasteiger partial charge < -0.3 is 19.5 Å². The molecule has 1 amide bonds. The highest BCUT2D eigenvalue weighted by molar-refractivity contribution is 5.95. The summed E-state index contributed by atoms with van der Waals surface area (Å²) in [5.74, 6) is 0.423. The number of rotatable bonds is 5. The van der Waals surface area contributed by atoms with Crippen molar-refractivity contribution >= 4 is 11.6 Å². The summed E-state index contributed by atoms with van der Waals surface area (Å²) in [7, 11) is 0. The fourth-order valence-electron chi connectivity index (χ4n) is 2.44. The van der Waals surface area contributed by atoms with Crippen molar-refractivity contribution in [3.8, 4) is 5.75 Å². The van der Waals surface area contributed by atoms with Gasteiger partial charge in [0.1, 0.15) is 12.4 Å². The van der Waals surface area contributed by atoms with Crippen molar-refractivity contribution in [3.63, 3.8) is 0 Å². The molecule has 1 aliphatic rings. The molecule has 0 bridgehead atoms. The van der Waals surface area contributed by atoms with Gasteiger partial charge in [-0.15, -0.1) is 0 Å². The van der Waals surface area contributed by atoms with E-state index >= 15 is 0 Å². The lowest BCUT2D eigenvalue weighted by molar-refractivity contribution is -0.142. The van der Waals surface area contributed by atoms with E-state index in [-0.39, 0.29) is 12.5 Å². The van der Waals surface area contributed by atoms with E-state index in [0.717, 1.165) is 11.1 Å². The minimum atomic E-state index is -0.581. The van der Waals surface area contributed by atoms with E-state index in [4.69, 9.17) is 14.2 Å². The third-order valence-electron chi connectivity index (χ3n) is 3.74. The molecule has 5 heteroatoms. The number of hydrogen-bond donors (Lipinski definition) is 1. The summed E-state index contributed by atoms with van der Waals surface area (Å²) < 4.78 is 16.6. The molecule has 0 aromatic heterocycles. The molecular weight excluding hydrogens is 306 g/mol. The molecule has 0 radical (unpaired) electrons. The van der Waals surface area contributed by atoms with Gasteiger partial charge in [0.05, 0.1) is 25.5 Å². The maximum atomic E-state index is 12.3. The first-order valence-electron chi connectivity index (χ1n) is 8.00. The fourth-order valence-corrected chi connectivity index (χ4v) is 2.44. The molecule has 1 N–H and O–H groups in total. The monoisotopic (exact) mass is 327 g/mol. The Balaban J connectivity index is 1.69. The average molecular weight is 327 g/mol. The molecule has 24 heavy (non-hydrogen) atoms. The van der Waals surface area contributed by atoms with E-state index in [0.29, 0.717) is 31.3 Å². The SMILES string of the molecule is Cc1ccc(NC(=O)[C@H]2COCCO2)c(OCc2ccccc2)c1. The van der Waals surface area contributed by atoms with Crippen molar-refractivity contribution in [1.82, 2.24) is 0 Å². The quantitative estimate of drug-likeness (QED) is 0.917. The van der Waals surface area contributed by atoms with Gasteiger partial charge in [0.25, 0.3) is 5.91 Å². The van der Waals surface area contributed by atoms with Crippen LogP contribution in [0.3, 0.4) is 0 Å². The molecule has 1 heterocycles. The molecule has 1 aliphatic heterocycles. The summed E-state index contributed by atoms with van der Waals surface area (Å²) >= 11 is 0. The molecule has 1 atom stereocenters. The van der Waals surface area contributed by atoms with E-state index in [1.807, 2.05) is 55.5 Å². The maximum absolute atomic E-state index is 12.3. The number of ether oxygens (including phenoxy) is 3. The number of anilines is 1. The number of benzene rings is 2. The van der Waals surface area contributed by atoms with E-state index in [1.54, 1.807) is 0 Å². The van der Waals surface area contributed by atoms with Crippen molar-refractivity contribution in [2.75, 3.05) is 25.1 Å². The molecular formula is C19H21NO4. The summed E-state index contributed by atoms with van der Waals surface area (Å²) in [6.45, 7) is 3.66. The van der Waals surface area contributed by atoms with E-state index < -0.39 is 6.10 Å². The molecule has 5 nitrogen and oxygen atoms in total. The van der Waals surface area contributed by atoms with E-state index in [9.17, 15) is 4.79 Å². The van der Waals surface area contributed by atoms with Crippen molar-refractivity contribution in [2.45, 2.75) is 19.6 Å². The number of nitrogens with one attached hydrogen (secondary N) is 1. The van der Waals surface area contributed by atoms with Crippen molar-refractivity contribution < 1.29 is 19.0 Å². The molecule has 2 aromatic rings. The summed E-state index contributed by atoms with van der Waals surface area (Å²) in [5, 5.41) is 2.87. The molecule has 1 fully saturated rings. The highest BCUT2D eigenvalue weighted by Crippen LogP contribution is 2.27. The van der Waals surface area contributed by atoms with Crippen LogP contribution in [0.15, 0.2) is 48.5 Å². The Hall–Kier alpha value is -2.37. The number of aryl methyl sites for hydroxylation is 1. The predicted molar refractivity (Wildman–Crippen MR) is 91.1 cm³/mol. The summed E-state index contributed by atoms with van der Waals surface area (Å²) in [4.78, 5) is 12.3. The largest absolute Gasteiger partial charge is 0.487 e. The predicted octanol–water partition coefficient (Wildman–Crippen LogP) is 2.93. The molecule has 2 aromatic carbocycles. The number of hydrogen-bond acceptors (Lipinski definition) is 4. The van der Waals surface area contributed by atoms with Crippen molar-refractivity contribution in [2.24, 2.45) is 0 Å². The van der Waals surface area contributed by atoms with Crippen LogP contribution in [-0.2, 0) is 20.9 Å². The fraction of sp³-hybridized carbons (Fsp3) is 0.316. The molecule has 0 saturated carbocycles. The first-order chi connectivity index (χ1) is 11.7. The zero-order valence-electron chi connectivity index (χ0n) is 13.7. The van der Waals surface area contributed by atoms with E-state index in [2.05, 4.69) is 5.32 Å². The molecule has 0 spiro atoms. The molecule has 3 rings (SSSR count). The Kier molecular flexibility index (Phi) is 5.46. The van der Waals surface area contributed by atoms with Gasteiger partial charge in [0.2, 0.25) is 0 Å². The zero-order chi connectivity index (χ0) is 16.8. The van der Waals surface area contributed by atoms with Gasteiger partial charge in [0.15, 0.2) is 6.10 Å². The van der Waals surface area contributed by atoms with Crippen molar-refractivity contribution in [3.05, 3.63) is 59.7 Å². The third kappa shape index (κ3) is 4.34. The molecule has 0 aliphatic carbocycles. The second-order valence-electron chi connectivity index (χ2n) is 5.70. The zero-order valence-corrected chi connectivity index (χ0v) is 13.7. The summed E-state index contributed by atoms with van der Waals surface area (Å²) in [6, 6.07) is 15.6. The van der Waals surface area contributed by atoms with Crippen LogP contribution >= 0.6 is 0 Å². The van der Waals surface area contributed by atoms with Crippen LogP contribution in [0.2, 0.25) is 0 Å². The van der Waals surface area contributed by atoms with Crippen LogP contribution in [0.5, 0.6) is 5.75 Å². The minimum absolute atomic E-state index is 0.219. The lowest BCUT2D eigenvalue weighted by Crippen LogP contribution is -2.39. The van der Waals surface area contributed by atoms with Gasteiger partial charge >= 0.3 is 0 Å². The van der Waals surface area contributed by atoms with E-state index in [1.165, 1.54) is 0 Å². The van der Waals surface area contributed by atoms with Crippen molar-refractivity contribution in [1.29, 1.82) is 0 Å². The first-order valence-corrected chi connectivity index (χ1v) is 8.00. The van der Waals surface area contributed by atoms with Crippen LogP contribution in [0.1, 0.15) is 11.1 Å².